The van der Waals surface area contributed by atoms with Gasteiger partial charge in [0.15, 0.2) is 0 Å². The number of methoxy groups -OCH3 is 2. The highest BCUT2D eigenvalue weighted by molar-refractivity contribution is 6.10. The van der Waals surface area contributed by atoms with E-state index in [4.69, 9.17) is 9.47 Å². The third kappa shape index (κ3) is 7.49. The molecule has 0 N–H and O–H groups in total. The largest absolute Gasteiger partial charge is 0.497 e. The molecule has 0 atom stereocenters. The van der Waals surface area contributed by atoms with Crippen LogP contribution in [0.2, 0.25) is 0 Å². The molecule has 0 aliphatic carbocycles. The summed E-state index contributed by atoms with van der Waals surface area (Å²) in [6.07, 6.45) is 0. The summed E-state index contributed by atoms with van der Waals surface area (Å²) in [6, 6.07) is 84.3. The molecule has 0 spiro atoms. The van der Waals surface area contributed by atoms with Crippen molar-refractivity contribution in [1.29, 1.82) is 0 Å². The van der Waals surface area contributed by atoms with E-state index in [-0.39, 0.29) is 0 Å². The quantitative estimate of drug-likeness (QED) is 0.130. The van der Waals surface area contributed by atoms with Crippen LogP contribution >= 0.6 is 0 Å². The number of anilines is 6. The van der Waals surface area contributed by atoms with Gasteiger partial charge in [0, 0.05) is 50.6 Å². The SMILES string of the molecule is COc1ccc(N(c2ccccc2)c2cc(-c3ccc4cc(-c5ccc6c(c5)c5ccccc5n6-c5ccccc5)ccc4c3)cc(N(c3ccccc3)c3ccc(OC)cc3)c2)cc1. The summed E-state index contributed by atoms with van der Waals surface area (Å²) in [5.74, 6) is 1.61. The van der Waals surface area contributed by atoms with Crippen LogP contribution in [-0.4, -0.2) is 18.8 Å². The van der Waals surface area contributed by atoms with Gasteiger partial charge in [-0.1, -0.05) is 103 Å². The normalized spacial score (nSPS) is 11.2. The molecule has 1 heterocycles. The average Bonchev–Trinajstić information content (AvgIpc) is 3.71. The molecule has 65 heavy (non-hydrogen) atoms. The van der Waals surface area contributed by atoms with E-state index in [2.05, 4.69) is 227 Å². The fourth-order valence-electron chi connectivity index (χ4n) is 9.14. The van der Waals surface area contributed by atoms with Crippen LogP contribution in [0, 0.1) is 0 Å². The van der Waals surface area contributed by atoms with Crippen molar-refractivity contribution in [3.8, 4) is 39.4 Å². The molecule has 0 radical (unpaired) electrons. The van der Waals surface area contributed by atoms with Crippen LogP contribution in [0.5, 0.6) is 11.5 Å². The molecule has 5 heteroatoms. The van der Waals surface area contributed by atoms with Gasteiger partial charge in [0.25, 0.3) is 0 Å². The Bertz CT molecular complexity index is 3330. The molecule has 312 valence electrons. The Morgan fingerprint density at radius 1 is 0.308 bits per heavy atom. The van der Waals surface area contributed by atoms with Crippen molar-refractivity contribution in [3.63, 3.8) is 0 Å². The second-order valence-corrected chi connectivity index (χ2v) is 16.2. The topological polar surface area (TPSA) is 29.9 Å². The molecule has 11 rings (SSSR count). The lowest BCUT2D eigenvalue weighted by Crippen LogP contribution is -2.13. The second-order valence-electron chi connectivity index (χ2n) is 16.2. The monoisotopic (exact) mass is 839 g/mol. The lowest BCUT2D eigenvalue weighted by atomic mass is 9.96. The number of benzene rings is 10. The van der Waals surface area contributed by atoms with Crippen LogP contribution in [0.25, 0.3) is 60.5 Å². The molecule has 0 amide bonds. The molecule has 0 saturated heterocycles. The molecular weight excluding hydrogens is 795 g/mol. The number of ether oxygens (including phenoxy) is 2. The summed E-state index contributed by atoms with van der Waals surface area (Å²) in [5.41, 5.74) is 14.3. The molecule has 0 aliphatic heterocycles. The standard InChI is InChI=1S/C60H45N3O2/c1-64-55-31-27-51(28-32-55)61(48-14-6-3-7-15-48)53-38-47(39-54(41-53)62(49-16-8-4-9-17-49)52-29-33-56(65-2)34-30-52)45-25-24-42-36-44(23-22-43(42)37-45)46-26-35-60-58(40-46)57-20-12-13-21-59(57)63(60)50-18-10-5-11-19-50/h3-41H,1-2H3. The Labute approximate surface area is 379 Å². The van der Waals surface area contributed by atoms with Crippen molar-refractivity contribution in [2.45, 2.75) is 0 Å². The molecule has 5 nitrogen and oxygen atoms in total. The zero-order valence-corrected chi connectivity index (χ0v) is 36.2. The highest BCUT2D eigenvalue weighted by Crippen LogP contribution is 2.44. The van der Waals surface area contributed by atoms with Gasteiger partial charge in [-0.3, -0.25) is 0 Å². The van der Waals surface area contributed by atoms with Gasteiger partial charge >= 0.3 is 0 Å². The molecule has 11 aromatic rings. The summed E-state index contributed by atoms with van der Waals surface area (Å²) >= 11 is 0. The number of hydrogen-bond acceptors (Lipinski definition) is 4. The van der Waals surface area contributed by atoms with Crippen molar-refractivity contribution in [1.82, 2.24) is 4.57 Å². The number of fused-ring (bicyclic) bond motifs is 4. The first-order chi connectivity index (χ1) is 32.1. The zero-order chi connectivity index (χ0) is 43.7. The highest BCUT2D eigenvalue weighted by Gasteiger charge is 2.20. The van der Waals surface area contributed by atoms with Gasteiger partial charge in [0.1, 0.15) is 11.5 Å². The van der Waals surface area contributed by atoms with Crippen LogP contribution in [-0.2, 0) is 0 Å². The van der Waals surface area contributed by atoms with Crippen LogP contribution in [0.15, 0.2) is 237 Å². The van der Waals surface area contributed by atoms with E-state index < -0.39 is 0 Å². The lowest BCUT2D eigenvalue weighted by molar-refractivity contribution is 0.414. The van der Waals surface area contributed by atoms with Crippen molar-refractivity contribution in [3.05, 3.63) is 237 Å². The Kier molecular flexibility index (Phi) is 10.3. The van der Waals surface area contributed by atoms with Crippen LogP contribution in [0.4, 0.5) is 34.1 Å². The van der Waals surface area contributed by atoms with E-state index in [9.17, 15) is 0 Å². The fraction of sp³-hybridized carbons (Fsp3) is 0.0333. The fourth-order valence-corrected chi connectivity index (χ4v) is 9.14. The minimum absolute atomic E-state index is 0.807. The van der Waals surface area contributed by atoms with E-state index in [1.165, 1.54) is 43.7 Å². The van der Waals surface area contributed by atoms with Gasteiger partial charge in [0.2, 0.25) is 0 Å². The predicted molar refractivity (Wildman–Crippen MR) is 272 cm³/mol. The number of rotatable bonds is 11. The first-order valence-corrected chi connectivity index (χ1v) is 21.9. The van der Waals surface area contributed by atoms with E-state index in [1.807, 2.05) is 24.3 Å². The molecule has 0 bridgehead atoms. The van der Waals surface area contributed by atoms with Gasteiger partial charge in [-0.2, -0.15) is 0 Å². The summed E-state index contributed by atoms with van der Waals surface area (Å²) in [6.45, 7) is 0. The maximum atomic E-state index is 5.58. The maximum absolute atomic E-state index is 5.58. The lowest BCUT2D eigenvalue weighted by Gasteiger charge is -2.30. The first-order valence-electron chi connectivity index (χ1n) is 21.9. The Morgan fingerprint density at radius 2 is 0.738 bits per heavy atom. The Morgan fingerprint density at radius 3 is 1.28 bits per heavy atom. The van der Waals surface area contributed by atoms with E-state index in [0.717, 1.165) is 62.4 Å². The van der Waals surface area contributed by atoms with Gasteiger partial charge < -0.3 is 23.8 Å². The van der Waals surface area contributed by atoms with E-state index in [0.29, 0.717) is 0 Å². The molecule has 0 unspecified atom stereocenters. The summed E-state index contributed by atoms with van der Waals surface area (Å²) in [5, 5.41) is 4.84. The van der Waals surface area contributed by atoms with Crippen LogP contribution in [0.1, 0.15) is 0 Å². The predicted octanol–water partition coefficient (Wildman–Crippen LogP) is 16.2. The third-order valence-corrected chi connectivity index (χ3v) is 12.3. The minimum Gasteiger partial charge on any atom is -0.497 e. The minimum atomic E-state index is 0.807. The van der Waals surface area contributed by atoms with Gasteiger partial charge in [-0.25, -0.2) is 0 Å². The third-order valence-electron chi connectivity index (χ3n) is 12.3. The second kappa shape index (κ2) is 17.0. The molecule has 10 aromatic carbocycles. The van der Waals surface area contributed by atoms with Gasteiger partial charge in [0.05, 0.1) is 25.3 Å². The molecular formula is C60H45N3O2. The highest BCUT2D eigenvalue weighted by atomic mass is 16.5. The Balaban J connectivity index is 1.05. The first kappa shape index (κ1) is 39.3. The molecule has 0 saturated carbocycles. The van der Waals surface area contributed by atoms with Crippen LogP contribution in [0.3, 0.4) is 0 Å². The van der Waals surface area contributed by atoms with Crippen molar-refractivity contribution >= 4 is 66.7 Å². The maximum Gasteiger partial charge on any atom is 0.119 e. The molecule has 0 fully saturated rings. The number of hydrogen-bond donors (Lipinski definition) is 0. The molecule has 1 aromatic heterocycles. The summed E-state index contributed by atoms with van der Waals surface area (Å²) < 4.78 is 13.5. The smallest absolute Gasteiger partial charge is 0.119 e. The van der Waals surface area contributed by atoms with Gasteiger partial charge in [-0.05, 0) is 166 Å². The average molecular weight is 840 g/mol. The van der Waals surface area contributed by atoms with Crippen molar-refractivity contribution in [2.24, 2.45) is 0 Å². The summed E-state index contributed by atoms with van der Waals surface area (Å²) in [4.78, 5) is 4.62. The number of aromatic nitrogens is 1. The van der Waals surface area contributed by atoms with E-state index >= 15 is 0 Å². The van der Waals surface area contributed by atoms with Gasteiger partial charge in [-0.15, -0.1) is 0 Å². The van der Waals surface area contributed by atoms with Crippen molar-refractivity contribution < 1.29 is 9.47 Å². The molecule has 0 aliphatic rings. The Hall–Kier alpha value is -8.54. The van der Waals surface area contributed by atoms with Crippen molar-refractivity contribution in [2.75, 3.05) is 24.0 Å². The number of para-hydroxylation sites is 4. The zero-order valence-electron chi connectivity index (χ0n) is 36.2. The van der Waals surface area contributed by atoms with Crippen LogP contribution < -0.4 is 19.3 Å². The van der Waals surface area contributed by atoms with E-state index in [1.54, 1.807) is 14.2 Å². The summed E-state index contributed by atoms with van der Waals surface area (Å²) in [7, 11) is 3.40. The number of nitrogens with zero attached hydrogens (tertiary/aromatic N) is 3.